The van der Waals surface area contributed by atoms with Gasteiger partial charge in [0.2, 0.25) is 17.2 Å². The predicted octanol–water partition coefficient (Wildman–Crippen LogP) is 5.09. The van der Waals surface area contributed by atoms with Crippen molar-refractivity contribution in [3.63, 3.8) is 0 Å². The summed E-state index contributed by atoms with van der Waals surface area (Å²) in [6.07, 6.45) is 1.41. The van der Waals surface area contributed by atoms with E-state index in [-0.39, 0.29) is 11.1 Å². The molecule has 0 radical (unpaired) electrons. The lowest BCUT2D eigenvalue weighted by Crippen LogP contribution is -1.94. The monoisotopic (exact) mass is 383 g/mol. The van der Waals surface area contributed by atoms with Crippen LogP contribution in [0.15, 0.2) is 42.6 Å². The topological polar surface area (TPSA) is 114 Å². The number of nitrogens with zero attached hydrogens (tertiary/aromatic N) is 1. The van der Waals surface area contributed by atoms with Crippen LogP contribution in [0, 0.1) is 0 Å². The van der Waals surface area contributed by atoms with E-state index in [0.29, 0.717) is 11.6 Å². The van der Waals surface area contributed by atoms with Crippen molar-refractivity contribution in [2.75, 3.05) is 0 Å². The molecule has 5 N–H and O–H groups in total. The molecule has 0 bridgehead atoms. The fourth-order valence-corrected chi connectivity index (χ4v) is 2.89. The normalized spacial score (nSPS) is 10.5. The molecule has 0 unspecified atom stereocenters. The highest BCUT2D eigenvalue weighted by atomic mass is 16.4. The number of phenols is 5. The van der Waals surface area contributed by atoms with Crippen molar-refractivity contribution < 1.29 is 25.5 Å². The van der Waals surface area contributed by atoms with E-state index in [1.165, 1.54) is 6.20 Å². The Morgan fingerprint density at radius 3 is 1.75 bits per heavy atom. The second kappa shape index (κ2) is 8.52. The highest BCUT2D eigenvalue weighted by molar-refractivity contribution is 5.85. The molecule has 1 heterocycles. The van der Waals surface area contributed by atoms with Crippen LogP contribution in [-0.2, 0) is 0 Å². The van der Waals surface area contributed by atoms with Crippen LogP contribution in [0.4, 0.5) is 0 Å². The summed E-state index contributed by atoms with van der Waals surface area (Å²) >= 11 is 0. The molecule has 0 saturated heterocycles. The zero-order valence-corrected chi connectivity index (χ0v) is 16.3. The van der Waals surface area contributed by atoms with Crippen molar-refractivity contribution in [2.24, 2.45) is 0 Å². The van der Waals surface area contributed by atoms with Gasteiger partial charge in [-0.1, -0.05) is 58.0 Å². The summed E-state index contributed by atoms with van der Waals surface area (Å²) in [6.45, 7) is 8.18. The molecule has 0 amide bonds. The van der Waals surface area contributed by atoms with Crippen molar-refractivity contribution >= 4 is 0 Å². The number of rotatable bonds is 3. The Labute approximate surface area is 164 Å². The molecule has 28 heavy (non-hydrogen) atoms. The molecule has 0 spiro atoms. The minimum atomic E-state index is -0.987. The maximum atomic E-state index is 10.0. The lowest BCUT2D eigenvalue weighted by molar-refractivity contribution is 0.330. The summed E-state index contributed by atoms with van der Waals surface area (Å²) in [4.78, 5) is 4.38. The maximum absolute atomic E-state index is 10.0. The average Bonchev–Trinajstić information content (AvgIpc) is 2.73. The number of phenolic OH excluding ortho intramolecular Hbond substituents is 5. The maximum Gasteiger partial charge on any atom is 0.208 e. The van der Waals surface area contributed by atoms with Gasteiger partial charge in [-0.15, -0.1) is 0 Å². The van der Waals surface area contributed by atoms with E-state index in [1.807, 2.05) is 38.1 Å². The SMILES string of the molecule is CC.CC(C)c1ccccc1-c1ccc(-c2c(O)c(O)c(O)c(O)c2O)cn1. The van der Waals surface area contributed by atoms with Gasteiger partial charge in [-0.2, -0.15) is 0 Å². The fourth-order valence-electron chi connectivity index (χ4n) is 2.89. The van der Waals surface area contributed by atoms with Crippen molar-refractivity contribution in [3.8, 4) is 51.1 Å². The second-order valence-corrected chi connectivity index (χ2v) is 6.29. The summed E-state index contributed by atoms with van der Waals surface area (Å²) in [6, 6.07) is 11.2. The Balaban J connectivity index is 0.00000136. The fraction of sp³-hybridized carbons (Fsp3) is 0.227. The third-order valence-electron chi connectivity index (χ3n) is 4.28. The summed E-state index contributed by atoms with van der Waals surface area (Å²) in [7, 11) is 0. The average molecular weight is 383 g/mol. The van der Waals surface area contributed by atoms with Gasteiger partial charge < -0.3 is 25.5 Å². The molecule has 0 atom stereocenters. The largest absolute Gasteiger partial charge is 0.504 e. The second-order valence-electron chi connectivity index (χ2n) is 6.29. The van der Waals surface area contributed by atoms with Crippen molar-refractivity contribution in [1.82, 2.24) is 4.98 Å². The predicted molar refractivity (Wildman–Crippen MR) is 109 cm³/mol. The summed E-state index contributed by atoms with van der Waals surface area (Å²) in [5.74, 6) is -3.98. The van der Waals surface area contributed by atoms with Gasteiger partial charge in [0.05, 0.1) is 11.3 Å². The Hall–Kier alpha value is -3.41. The van der Waals surface area contributed by atoms with Crippen LogP contribution >= 0.6 is 0 Å². The molecule has 0 aliphatic heterocycles. The van der Waals surface area contributed by atoms with Gasteiger partial charge in [0.25, 0.3) is 0 Å². The minimum absolute atomic E-state index is 0.214. The first-order valence-electron chi connectivity index (χ1n) is 9.07. The van der Waals surface area contributed by atoms with Crippen LogP contribution in [-0.4, -0.2) is 30.5 Å². The Bertz CT molecular complexity index is 936. The smallest absolute Gasteiger partial charge is 0.208 e. The first kappa shape index (κ1) is 20.9. The van der Waals surface area contributed by atoms with E-state index in [1.54, 1.807) is 12.1 Å². The van der Waals surface area contributed by atoms with Crippen LogP contribution in [0.1, 0.15) is 39.2 Å². The van der Waals surface area contributed by atoms with Gasteiger partial charge in [-0.05, 0) is 17.5 Å². The first-order valence-corrected chi connectivity index (χ1v) is 9.07. The molecule has 6 nitrogen and oxygen atoms in total. The van der Waals surface area contributed by atoms with E-state index >= 15 is 0 Å². The molecule has 0 aliphatic rings. The highest BCUT2D eigenvalue weighted by Gasteiger charge is 2.24. The first-order chi connectivity index (χ1) is 13.3. The molecular formula is C22H25NO5. The molecule has 0 saturated carbocycles. The summed E-state index contributed by atoms with van der Waals surface area (Å²) < 4.78 is 0. The minimum Gasteiger partial charge on any atom is -0.504 e. The molecule has 148 valence electrons. The van der Waals surface area contributed by atoms with Crippen molar-refractivity contribution in [3.05, 3.63) is 48.2 Å². The van der Waals surface area contributed by atoms with Gasteiger partial charge >= 0.3 is 0 Å². The van der Waals surface area contributed by atoms with E-state index in [9.17, 15) is 25.5 Å². The lowest BCUT2D eigenvalue weighted by atomic mass is 9.94. The zero-order valence-electron chi connectivity index (χ0n) is 16.3. The lowest BCUT2D eigenvalue weighted by Gasteiger charge is -2.14. The van der Waals surface area contributed by atoms with E-state index in [0.717, 1.165) is 11.1 Å². The van der Waals surface area contributed by atoms with Gasteiger partial charge in [-0.25, -0.2) is 0 Å². The van der Waals surface area contributed by atoms with Crippen LogP contribution in [0.25, 0.3) is 22.4 Å². The number of benzene rings is 2. The number of hydrogen-bond donors (Lipinski definition) is 5. The Kier molecular flexibility index (Phi) is 6.36. The Morgan fingerprint density at radius 2 is 1.25 bits per heavy atom. The molecule has 1 aromatic heterocycles. The molecule has 6 heteroatoms. The molecule has 2 aromatic carbocycles. The van der Waals surface area contributed by atoms with Gasteiger partial charge in [0.1, 0.15) is 0 Å². The van der Waals surface area contributed by atoms with Gasteiger partial charge in [0, 0.05) is 17.3 Å². The summed E-state index contributed by atoms with van der Waals surface area (Å²) in [5.41, 5.74) is 2.88. The molecule has 0 aliphatic carbocycles. The van der Waals surface area contributed by atoms with Crippen LogP contribution in [0.2, 0.25) is 0 Å². The standard InChI is InChI=1S/C20H19NO5.C2H6/c1-10(2)12-5-3-4-6-13(12)14-8-7-11(9-21-14)15-16(22)18(24)20(26)19(25)17(15)23;1-2/h3-10,22-26H,1-2H3;1-2H3. The number of hydrogen-bond acceptors (Lipinski definition) is 6. The van der Waals surface area contributed by atoms with Crippen LogP contribution < -0.4 is 0 Å². The quantitative estimate of drug-likeness (QED) is 0.318. The number of aromatic nitrogens is 1. The van der Waals surface area contributed by atoms with E-state index in [4.69, 9.17) is 0 Å². The van der Waals surface area contributed by atoms with Crippen LogP contribution in [0.3, 0.4) is 0 Å². The summed E-state index contributed by atoms with van der Waals surface area (Å²) in [5, 5.41) is 48.9. The third-order valence-corrected chi connectivity index (χ3v) is 4.28. The Morgan fingerprint density at radius 1 is 0.714 bits per heavy atom. The van der Waals surface area contributed by atoms with Gasteiger partial charge in [-0.3, -0.25) is 4.98 Å². The molecular weight excluding hydrogens is 358 g/mol. The van der Waals surface area contributed by atoms with Crippen LogP contribution in [0.5, 0.6) is 28.7 Å². The molecule has 3 rings (SSSR count). The van der Waals surface area contributed by atoms with E-state index in [2.05, 4.69) is 18.8 Å². The highest BCUT2D eigenvalue weighted by Crippen LogP contribution is 2.54. The van der Waals surface area contributed by atoms with Crippen molar-refractivity contribution in [1.29, 1.82) is 0 Å². The van der Waals surface area contributed by atoms with Gasteiger partial charge in [0.15, 0.2) is 11.5 Å². The molecule has 0 fully saturated rings. The number of pyridine rings is 1. The number of aromatic hydroxyl groups is 5. The third kappa shape index (κ3) is 3.67. The zero-order chi connectivity index (χ0) is 21.0. The van der Waals surface area contributed by atoms with Crippen molar-refractivity contribution in [2.45, 2.75) is 33.6 Å². The molecule has 3 aromatic rings. The van der Waals surface area contributed by atoms with E-state index < -0.39 is 28.7 Å².